The van der Waals surface area contributed by atoms with Crippen molar-refractivity contribution < 1.29 is 19.1 Å². The first-order chi connectivity index (χ1) is 14.7. The predicted molar refractivity (Wildman–Crippen MR) is 117 cm³/mol. The highest BCUT2D eigenvalue weighted by Gasteiger charge is 2.18. The first-order valence-corrected chi connectivity index (χ1v) is 9.88. The Morgan fingerprint density at radius 2 is 1.94 bits per heavy atom. The van der Waals surface area contributed by atoms with Crippen LogP contribution in [0, 0.1) is 0 Å². The Bertz CT molecular complexity index is 1100. The number of amides is 1. The number of carbonyl (C=O) groups is 2. The summed E-state index contributed by atoms with van der Waals surface area (Å²) >= 11 is 0. The Balaban J connectivity index is 1.72. The van der Waals surface area contributed by atoms with Gasteiger partial charge in [-0.3, -0.25) is 10.1 Å². The van der Waals surface area contributed by atoms with Gasteiger partial charge >= 0.3 is 12.1 Å². The molecule has 0 unspecified atom stereocenters. The van der Waals surface area contributed by atoms with Crippen LogP contribution in [0.5, 0.6) is 0 Å². The maximum absolute atomic E-state index is 12.3. The van der Waals surface area contributed by atoms with Crippen molar-refractivity contribution in [2.75, 3.05) is 0 Å². The molecule has 0 saturated heterocycles. The smallest absolute Gasteiger partial charge is 0.411 e. The van der Waals surface area contributed by atoms with E-state index in [4.69, 9.17) is 9.47 Å². The molecule has 0 bridgehead atoms. The third kappa shape index (κ3) is 6.40. The van der Waals surface area contributed by atoms with Crippen LogP contribution in [0.25, 0.3) is 17.1 Å². The topological polar surface area (TPSA) is 95.3 Å². The summed E-state index contributed by atoms with van der Waals surface area (Å²) in [6.45, 7) is 7.42. The Kier molecular flexibility index (Phi) is 6.69. The standard InChI is InChI=1S/C23H26N4O4/c1-16(26-22(29)30-14-17-8-6-5-7-9-17)10-18-12-27(13-20(28)31-23(2,3)4)21-19(18)11-24-15-25-21/h5-12,15H,13-14H2,1-4H3,(H,26,29)/b16-10+. The van der Waals surface area contributed by atoms with Crippen LogP contribution in [0.3, 0.4) is 0 Å². The highest BCUT2D eigenvalue weighted by atomic mass is 16.6. The molecule has 0 spiro atoms. The number of aromatic nitrogens is 3. The van der Waals surface area contributed by atoms with Gasteiger partial charge in [-0.1, -0.05) is 30.3 Å². The number of carbonyl (C=O) groups excluding carboxylic acids is 2. The first kappa shape index (κ1) is 22.0. The minimum Gasteiger partial charge on any atom is -0.459 e. The van der Waals surface area contributed by atoms with E-state index in [1.165, 1.54) is 6.33 Å². The van der Waals surface area contributed by atoms with E-state index >= 15 is 0 Å². The molecule has 0 atom stereocenters. The fourth-order valence-electron chi connectivity index (χ4n) is 2.99. The van der Waals surface area contributed by atoms with Crippen LogP contribution in [0.2, 0.25) is 0 Å². The van der Waals surface area contributed by atoms with Gasteiger partial charge in [0.05, 0.1) is 0 Å². The summed E-state index contributed by atoms with van der Waals surface area (Å²) in [5, 5.41) is 3.46. The summed E-state index contributed by atoms with van der Waals surface area (Å²) in [7, 11) is 0. The van der Waals surface area contributed by atoms with E-state index < -0.39 is 11.7 Å². The van der Waals surface area contributed by atoms with Gasteiger partial charge in [0, 0.05) is 29.0 Å². The van der Waals surface area contributed by atoms with Gasteiger partial charge in [0.2, 0.25) is 0 Å². The number of ether oxygens (including phenoxy) is 2. The monoisotopic (exact) mass is 422 g/mol. The summed E-state index contributed by atoms with van der Waals surface area (Å²) in [5.74, 6) is -0.363. The lowest BCUT2D eigenvalue weighted by Crippen LogP contribution is -2.26. The third-order valence-corrected chi connectivity index (χ3v) is 4.17. The lowest BCUT2D eigenvalue weighted by atomic mass is 10.2. The zero-order valence-electron chi connectivity index (χ0n) is 18.1. The molecular weight excluding hydrogens is 396 g/mol. The van der Waals surface area contributed by atoms with Crippen LogP contribution in [-0.4, -0.2) is 32.2 Å². The van der Waals surface area contributed by atoms with Crippen LogP contribution in [0.1, 0.15) is 38.8 Å². The van der Waals surface area contributed by atoms with Crippen LogP contribution in [-0.2, 0) is 27.4 Å². The van der Waals surface area contributed by atoms with Crippen molar-refractivity contribution in [3.05, 3.63) is 65.9 Å². The second kappa shape index (κ2) is 9.42. The lowest BCUT2D eigenvalue weighted by Gasteiger charge is -2.19. The molecule has 2 heterocycles. The minimum absolute atomic E-state index is 0.0181. The van der Waals surface area contributed by atoms with Crippen molar-refractivity contribution in [1.29, 1.82) is 0 Å². The van der Waals surface area contributed by atoms with E-state index in [0.717, 1.165) is 16.5 Å². The molecule has 0 saturated carbocycles. The van der Waals surface area contributed by atoms with E-state index in [1.54, 1.807) is 30.0 Å². The van der Waals surface area contributed by atoms with Crippen LogP contribution < -0.4 is 5.32 Å². The number of allylic oxidation sites excluding steroid dienone is 1. The molecule has 0 aliphatic carbocycles. The summed E-state index contributed by atoms with van der Waals surface area (Å²) in [4.78, 5) is 32.7. The van der Waals surface area contributed by atoms with Crippen molar-refractivity contribution in [2.45, 2.75) is 46.4 Å². The highest BCUT2D eigenvalue weighted by molar-refractivity contribution is 5.88. The van der Waals surface area contributed by atoms with Gasteiger partial charge in [-0.15, -0.1) is 0 Å². The second-order valence-electron chi connectivity index (χ2n) is 8.07. The molecule has 162 valence electrons. The van der Waals surface area contributed by atoms with E-state index in [1.807, 2.05) is 51.1 Å². The molecule has 8 heteroatoms. The molecule has 0 radical (unpaired) electrons. The third-order valence-electron chi connectivity index (χ3n) is 4.17. The van der Waals surface area contributed by atoms with Gasteiger partial charge in [0.25, 0.3) is 0 Å². The number of rotatable bonds is 6. The van der Waals surface area contributed by atoms with E-state index in [0.29, 0.717) is 11.3 Å². The minimum atomic E-state index is -0.571. The molecule has 3 aromatic rings. The number of fused-ring (bicyclic) bond motifs is 1. The summed E-state index contributed by atoms with van der Waals surface area (Å²) < 4.78 is 12.4. The number of alkyl carbamates (subject to hydrolysis) is 1. The maximum atomic E-state index is 12.3. The Morgan fingerprint density at radius 1 is 1.19 bits per heavy atom. The largest absolute Gasteiger partial charge is 0.459 e. The molecule has 3 rings (SSSR count). The Morgan fingerprint density at radius 3 is 2.65 bits per heavy atom. The lowest BCUT2D eigenvalue weighted by molar-refractivity contribution is -0.155. The van der Waals surface area contributed by atoms with Crippen molar-refractivity contribution in [3.8, 4) is 0 Å². The summed E-state index contributed by atoms with van der Waals surface area (Å²) in [5.41, 5.74) is 2.28. The molecule has 0 aliphatic heterocycles. The zero-order valence-corrected chi connectivity index (χ0v) is 18.1. The first-order valence-electron chi connectivity index (χ1n) is 9.88. The normalized spacial score (nSPS) is 11.9. The van der Waals surface area contributed by atoms with Gasteiger partial charge in [0.1, 0.15) is 30.7 Å². The average Bonchev–Trinajstić information content (AvgIpc) is 3.03. The average molecular weight is 422 g/mol. The van der Waals surface area contributed by atoms with E-state index in [2.05, 4.69) is 15.3 Å². The fourth-order valence-corrected chi connectivity index (χ4v) is 2.99. The summed E-state index contributed by atoms with van der Waals surface area (Å²) in [6, 6.07) is 9.44. The molecular formula is C23H26N4O4. The second-order valence-corrected chi connectivity index (χ2v) is 8.07. The number of hydrogen-bond donors (Lipinski definition) is 1. The van der Waals surface area contributed by atoms with Gasteiger partial charge in [-0.2, -0.15) is 0 Å². The van der Waals surface area contributed by atoms with Gasteiger partial charge in [-0.25, -0.2) is 14.8 Å². The molecule has 8 nitrogen and oxygen atoms in total. The molecule has 1 aromatic carbocycles. The number of nitrogens with zero attached hydrogens (tertiary/aromatic N) is 3. The zero-order chi connectivity index (χ0) is 22.4. The van der Waals surface area contributed by atoms with Crippen LogP contribution in [0.15, 0.2) is 54.7 Å². The van der Waals surface area contributed by atoms with Crippen molar-refractivity contribution in [1.82, 2.24) is 19.9 Å². The van der Waals surface area contributed by atoms with Crippen molar-refractivity contribution >= 4 is 29.2 Å². The molecule has 1 N–H and O–H groups in total. The van der Waals surface area contributed by atoms with Crippen molar-refractivity contribution in [2.24, 2.45) is 0 Å². The fraction of sp³-hybridized carbons (Fsp3) is 0.304. The van der Waals surface area contributed by atoms with Crippen molar-refractivity contribution in [3.63, 3.8) is 0 Å². The Labute approximate surface area is 180 Å². The number of nitrogens with one attached hydrogen (secondary N) is 1. The molecule has 1 amide bonds. The van der Waals surface area contributed by atoms with Gasteiger partial charge < -0.3 is 14.0 Å². The molecule has 2 aromatic heterocycles. The number of hydrogen-bond acceptors (Lipinski definition) is 6. The van der Waals surface area contributed by atoms with Crippen LogP contribution >= 0.6 is 0 Å². The SMILES string of the molecule is C/C(=C\c1cn(CC(=O)OC(C)(C)C)c2ncncc12)NC(=O)OCc1ccccc1. The molecule has 0 aliphatic rings. The molecule has 31 heavy (non-hydrogen) atoms. The number of esters is 1. The molecule has 0 fully saturated rings. The quantitative estimate of drug-likeness (QED) is 0.602. The highest BCUT2D eigenvalue weighted by Crippen LogP contribution is 2.21. The van der Waals surface area contributed by atoms with E-state index in [-0.39, 0.29) is 19.1 Å². The van der Waals surface area contributed by atoms with E-state index in [9.17, 15) is 9.59 Å². The predicted octanol–water partition coefficient (Wildman–Crippen LogP) is 4.06. The Hall–Kier alpha value is -3.68. The van der Waals surface area contributed by atoms with Gasteiger partial charge in [-0.05, 0) is 39.3 Å². The van der Waals surface area contributed by atoms with Gasteiger partial charge in [0.15, 0.2) is 0 Å². The van der Waals surface area contributed by atoms with Crippen LogP contribution in [0.4, 0.5) is 4.79 Å². The maximum Gasteiger partial charge on any atom is 0.411 e. The number of benzene rings is 1. The summed E-state index contributed by atoms with van der Waals surface area (Å²) in [6.07, 6.45) is 6.10.